The predicted molar refractivity (Wildman–Crippen MR) is 96.1 cm³/mol. The zero-order valence-corrected chi connectivity index (χ0v) is 15.0. The third-order valence-corrected chi connectivity index (χ3v) is 4.22. The summed E-state index contributed by atoms with van der Waals surface area (Å²) in [6.45, 7) is 4.31. The maximum Gasteiger partial charge on any atom is 0.274 e. The van der Waals surface area contributed by atoms with Crippen LogP contribution >= 0.6 is 15.9 Å². The molecule has 0 spiro atoms. The molecule has 0 saturated heterocycles. The number of aryl methyl sites for hydroxylation is 1. The van der Waals surface area contributed by atoms with Crippen LogP contribution in [0, 0.1) is 13.8 Å². The summed E-state index contributed by atoms with van der Waals surface area (Å²) in [6, 6.07) is 15.7. The number of rotatable bonds is 4. The van der Waals surface area contributed by atoms with Gasteiger partial charge in [-0.15, -0.1) is 5.10 Å². The number of hydrogen-bond acceptors (Lipinski definition) is 3. The fourth-order valence-electron chi connectivity index (χ4n) is 2.38. The minimum Gasteiger partial charge on any atom is -0.347 e. The summed E-state index contributed by atoms with van der Waals surface area (Å²) in [6.07, 6.45) is 0. The molecule has 0 saturated carbocycles. The Morgan fingerprint density at radius 1 is 1.17 bits per heavy atom. The Balaban J connectivity index is 1.75. The lowest BCUT2D eigenvalue weighted by Gasteiger charge is -2.06. The maximum atomic E-state index is 12.4. The molecule has 0 aliphatic carbocycles. The van der Waals surface area contributed by atoms with E-state index in [0.717, 1.165) is 15.7 Å². The molecule has 0 fully saturated rings. The normalized spacial score (nSPS) is 10.6. The molecule has 24 heavy (non-hydrogen) atoms. The molecule has 6 heteroatoms. The van der Waals surface area contributed by atoms with E-state index in [1.54, 1.807) is 4.68 Å². The molecule has 1 N–H and O–H groups in total. The maximum absolute atomic E-state index is 12.4. The van der Waals surface area contributed by atoms with E-state index < -0.39 is 0 Å². The van der Waals surface area contributed by atoms with Crippen LogP contribution in [0.2, 0.25) is 0 Å². The van der Waals surface area contributed by atoms with Gasteiger partial charge in [0, 0.05) is 11.0 Å². The smallest absolute Gasteiger partial charge is 0.274 e. The number of hydrogen-bond donors (Lipinski definition) is 1. The quantitative estimate of drug-likeness (QED) is 0.747. The van der Waals surface area contributed by atoms with Crippen LogP contribution in [0.4, 0.5) is 0 Å². The van der Waals surface area contributed by atoms with Crippen LogP contribution in [0.5, 0.6) is 0 Å². The Morgan fingerprint density at radius 2 is 1.92 bits per heavy atom. The first-order chi connectivity index (χ1) is 11.5. The highest BCUT2D eigenvalue weighted by Gasteiger charge is 2.17. The lowest BCUT2D eigenvalue weighted by Crippen LogP contribution is -2.24. The molecule has 3 rings (SSSR count). The molecule has 122 valence electrons. The van der Waals surface area contributed by atoms with Crippen molar-refractivity contribution < 1.29 is 4.79 Å². The predicted octanol–water partition coefficient (Wildman–Crippen LogP) is 3.58. The number of halogens is 1. The van der Waals surface area contributed by atoms with Gasteiger partial charge in [-0.1, -0.05) is 51.0 Å². The average molecular weight is 385 g/mol. The van der Waals surface area contributed by atoms with Crippen molar-refractivity contribution >= 4 is 21.8 Å². The second-order valence-electron chi connectivity index (χ2n) is 5.58. The van der Waals surface area contributed by atoms with Crippen molar-refractivity contribution in [3.05, 3.63) is 75.5 Å². The van der Waals surface area contributed by atoms with Gasteiger partial charge >= 0.3 is 0 Å². The summed E-state index contributed by atoms with van der Waals surface area (Å²) in [4.78, 5) is 12.4. The Labute approximate surface area is 148 Å². The molecule has 0 aliphatic heterocycles. The van der Waals surface area contributed by atoms with Gasteiger partial charge < -0.3 is 5.32 Å². The van der Waals surface area contributed by atoms with Crippen LogP contribution in [0.1, 0.15) is 27.3 Å². The molecule has 0 unspecified atom stereocenters. The fraction of sp³-hybridized carbons (Fsp3) is 0.167. The lowest BCUT2D eigenvalue weighted by atomic mass is 10.2. The highest BCUT2D eigenvalue weighted by atomic mass is 79.9. The third-order valence-electron chi connectivity index (χ3n) is 3.73. The standard InChI is InChI=1S/C18H17BrN4O/c1-12-6-8-16(9-7-12)23-13(2)17(21-22-23)18(24)20-11-14-4-3-5-15(19)10-14/h3-10H,11H2,1-2H3,(H,20,24). The first kappa shape index (κ1) is 16.4. The van der Waals surface area contributed by atoms with Crippen molar-refractivity contribution in [2.24, 2.45) is 0 Å². The average Bonchev–Trinajstić information content (AvgIpc) is 2.95. The van der Waals surface area contributed by atoms with Gasteiger partial charge in [0.05, 0.1) is 11.4 Å². The minimum atomic E-state index is -0.231. The summed E-state index contributed by atoms with van der Waals surface area (Å²) in [7, 11) is 0. The van der Waals surface area contributed by atoms with Crippen molar-refractivity contribution in [2.75, 3.05) is 0 Å². The number of carbonyl (C=O) groups excluding carboxylic acids is 1. The number of aromatic nitrogens is 3. The van der Waals surface area contributed by atoms with Crippen molar-refractivity contribution in [1.29, 1.82) is 0 Å². The van der Waals surface area contributed by atoms with Crippen molar-refractivity contribution in [3.8, 4) is 5.69 Å². The molecule has 0 bridgehead atoms. The van der Waals surface area contributed by atoms with Crippen LogP contribution < -0.4 is 5.32 Å². The number of nitrogens with zero attached hydrogens (tertiary/aromatic N) is 3. The van der Waals surface area contributed by atoms with Gasteiger partial charge in [-0.2, -0.15) is 0 Å². The van der Waals surface area contributed by atoms with E-state index in [4.69, 9.17) is 0 Å². The zero-order chi connectivity index (χ0) is 17.1. The van der Waals surface area contributed by atoms with E-state index in [0.29, 0.717) is 17.9 Å². The highest BCUT2D eigenvalue weighted by molar-refractivity contribution is 9.10. The number of nitrogens with one attached hydrogen (secondary N) is 1. The van der Waals surface area contributed by atoms with Gasteiger partial charge in [0.15, 0.2) is 5.69 Å². The summed E-state index contributed by atoms with van der Waals surface area (Å²) in [5, 5.41) is 11.0. The van der Waals surface area contributed by atoms with E-state index in [1.165, 1.54) is 5.56 Å². The monoisotopic (exact) mass is 384 g/mol. The summed E-state index contributed by atoms with van der Waals surface area (Å²) in [5.74, 6) is -0.231. The van der Waals surface area contributed by atoms with Gasteiger partial charge in [-0.3, -0.25) is 4.79 Å². The summed E-state index contributed by atoms with van der Waals surface area (Å²) >= 11 is 3.42. The van der Waals surface area contributed by atoms with Gasteiger partial charge in [0.1, 0.15) is 0 Å². The second-order valence-corrected chi connectivity index (χ2v) is 6.50. The molecule has 1 aromatic heterocycles. The highest BCUT2D eigenvalue weighted by Crippen LogP contribution is 2.14. The van der Waals surface area contributed by atoms with Crippen LogP contribution in [0.3, 0.4) is 0 Å². The van der Waals surface area contributed by atoms with Gasteiger partial charge in [-0.05, 0) is 43.7 Å². The fourth-order valence-corrected chi connectivity index (χ4v) is 2.83. The number of carbonyl (C=O) groups is 1. The first-order valence-corrected chi connectivity index (χ1v) is 8.36. The SMILES string of the molecule is Cc1ccc(-n2nnc(C(=O)NCc3cccc(Br)c3)c2C)cc1. The lowest BCUT2D eigenvalue weighted by molar-refractivity contribution is 0.0945. The van der Waals surface area contributed by atoms with E-state index in [9.17, 15) is 4.79 Å². The van der Waals surface area contributed by atoms with E-state index in [-0.39, 0.29) is 5.91 Å². The molecular formula is C18H17BrN4O. The largest absolute Gasteiger partial charge is 0.347 e. The molecule has 0 aliphatic rings. The van der Waals surface area contributed by atoms with Crippen LogP contribution in [0.25, 0.3) is 5.69 Å². The summed E-state index contributed by atoms with van der Waals surface area (Å²) < 4.78 is 2.66. The van der Waals surface area contributed by atoms with Crippen LogP contribution in [-0.2, 0) is 6.54 Å². The molecule has 1 heterocycles. The van der Waals surface area contributed by atoms with E-state index in [1.807, 2.05) is 62.4 Å². The minimum absolute atomic E-state index is 0.231. The zero-order valence-electron chi connectivity index (χ0n) is 13.5. The Bertz CT molecular complexity index is 871. The van der Waals surface area contributed by atoms with Crippen LogP contribution in [-0.4, -0.2) is 20.9 Å². The van der Waals surface area contributed by atoms with Gasteiger partial charge in [0.2, 0.25) is 0 Å². The molecule has 3 aromatic rings. The second kappa shape index (κ2) is 6.97. The molecule has 0 radical (unpaired) electrons. The number of benzene rings is 2. The molecule has 1 amide bonds. The van der Waals surface area contributed by atoms with E-state index >= 15 is 0 Å². The van der Waals surface area contributed by atoms with Gasteiger partial charge in [-0.25, -0.2) is 4.68 Å². The van der Waals surface area contributed by atoms with Crippen molar-refractivity contribution in [1.82, 2.24) is 20.3 Å². The summed E-state index contributed by atoms with van der Waals surface area (Å²) in [5.41, 5.74) is 4.12. The van der Waals surface area contributed by atoms with Crippen molar-refractivity contribution in [2.45, 2.75) is 20.4 Å². The topological polar surface area (TPSA) is 59.8 Å². The Kier molecular flexibility index (Phi) is 4.76. The van der Waals surface area contributed by atoms with Crippen molar-refractivity contribution in [3.63, 3.8) is 0 Å². The Hall–Kier alpha value is -2.47. The van der Waals surface area contributed by atoms with E-state index in [2.05, 4.69) is 31.6 Å². The molecule has 0 atom stereocenters. The van der Waals surface area contributed by atoms with Crippen LogP contribution in [0.15, 0.2) is 53.0 Å². The first-order valence-electron chi connectivity index (χ1n) is 7.56. The molecular weight excluding hydrogens is 368 g/mol. The number of amides is 1. The molecule has 5 nitrogen and oxygen atoms in total. The van der Waals surface area contributed by atoms with Gasteiger partial charge in [0.25, 0.3) is 5.91 Å². The third kappa shape index (κ3) is 3.54. The molecule has 2 aromatic carbocycles. The Morgan fingerprint density at radius 3 is 2.62 bits per heavy atom.